The number of fused-ring (bicyclic) bond motifs is 1. The Labute approximate surface area is 158 Å². The predicted molar refractivity (Wildman–Crippen MR) is 102 cm³/mol. The molecule has 1 atom stereocenters. The first-order chi connectivity index (χ1) is 12.6. The molecule has 0 fully saturated rings. The number of urea groups is 1. The van der Waals surface area contributed by atoms with Crippen molar-refractivity contribution in [3.63, 3.8) is 0 Å². The van der Waals surface area contributed by atoms with Crippen molar-refractivity contribution >= 4 is 28.7 Å². The van der Waals surface area contributed by atoms with Crippen LogP contribution in [0.2, 0.25) is 0 Å². The lowest BCUT2D eigenvalue weighted by atomic mass is 10.0. The highest BCUT2D eigenvalue weighted by Crippen LogP contribution is 2.28. The van der Waals surface area contributed by atoms with E-state index in [1.54, 1.807) is 52.1 Å². The van der Waals surface area contributed by atoms with Gasteiger partial charge >= 0.3 is 12.0 Å². The van der Waals surface area contributed by atoms with Crippen LogP contribution in [0.4, 0.5) is 4.79 Å². The van der Waals surface area contributed by atoms with E-state index < -0.39 is 29.6 Å². The number of ether oxygens (including phenoxy) is 2. The van der Waals surface area contributed by atoms with Gasteiger partial charge in [0.1, 0.15) is 5.75 Å². The molecule has 0 spiro atoms. The second kappa shape index (κ2) is 8.07. The molecule has 2 aromatic rings. The SMILES string of the molecule is COc1ccc(C(=O)O[C@H](C)C(=O)NC(=O)NC(C)(C)C)c2ccccc12. The Morgan fingerprint density at radius 3 is 2.22 bits per heavy atom. The first-order valence-corrected chi connectivity index (χ1v) is 8.52. The van der Waals surface area contributed by atoms with Gasteiger partial charge in [0.25, 0.3) is 5.91 Å². The molecule has 0 radical (unpaired) electrons. The maximum Gasteiger partial charge on any atom is 0.339 e. The first kappa shape index (κ1) is 20.2. The van der Waals surface area contributed by atoms with Gasteiger partial charge < -0.3 is 14.8 Å². The lowest BCUT2D eigenvalue weighted by molar-refractivity contribution is -0.127. The summed E-state index contributed by atoms with van der Waals surface area (Å²) in [7, 11) is 1.55. The minimum Gasteiger partial charge on any atom is -0.496 e. The van der Waals surface area contributed by atoms with E-state index in [4.69, 9.17) is 9.47 Å². The summed E-state index contributed by atoms with van der Waals surface area (Å²) in [5.41, 5.74) is -0.183. The van der Waals surface area contributed by atoms with Crippen molar-refractivity contribution in [3.05, 3.63) is 42.0 Å². The molecule has 0 aromatic heterocycles. The third-order valence-corrected chi connectivity index (χ3v) is 3.70. The van der Waals surface area contributed by atoms with Gasteiger partial charge in [0.05, 0.1) is 12.7 Å². The summed E-state index contributed by atoms with van der Waals surface area (Å²) in [6.45, 7) is 6.77. The Morgan fingerprint density at radius 1 is 1.00 bits per heavy atom. The fourth-order valence-corrected chi connectivity index (χ4v) is 2.49. The van der Waals surface area contributed by atoms with Crippen LogP contribution in [0.1, 0.15) is 38.1 Å². The van der Waals surface area contributed by atoms with E-state index in [1.807, 2.05) is 12.1 Å². The number of methoxy groups -OCH3 is 1. The molecule has 144 valence electrons. The fourth-order valence-electron chi connectivity index (χ4n) is 2.49. The standard InChI is InChI=1S/C20H24N2O5/c1-12(17(23)21-19(25)22-20(2,3)4)27-18(24)15-10-11-16(26-5)14-9-7-6-8-13(14)15/h6-12H,1-5H3,(H2,21,22,23,25)/t12-/m1/s1. The number of hydrogen-bond acceptors (Lipinski definition) is 5. The molecule has 2 aromatic carbocycles. The maximum atomic E-state index is 12.5. The van der Waals surface area contributed by atoms with E-state index in [0.717, 1.165) is 5.39 Å². The zero-order valence-corrected chi connectivity index (χ0v) is 16.1. The Bertz CT molecular complexity index is 870. The average molecular weight is 372 g/mol. The Morgan fingerprint density at radius 2 is 1.63 bits per heavy atom. The number of rotatable bonds is 4. The molecule has 0 heterocycles. The van der Waals surface area contributed by atoms with E-state index in [1.165, 1.54) is 6.92 Å². The molecule has 0 aliphatic carbocycles. The minimum atomic E-state index is -1.14. The van der Waals surface area contributed by atoms with Gasteiger partial charge in [-0.15, -0.1) is 0 Å². The fraction of sp³-hybridized carbons (Fsp3) is 0.350. The van der Waals surface area contributed by atoms with E-state index >= 15 is 0 Å². The number of carbonyl (C=O) groups is 3. The summed E-state index contributed by atoms with van der Waals surface area (Å²) in [4.78, 5) is 36.4. The quantitative estimate of drug-likeness (QED) is 0.805. The molecule has 0 unspecified atom stereocenters. The Kier molecular flexibility index (Phi) is 6.05. The summed E-state index contributed by atoms with van der Waals surface area (Å²) in [5, 5.41) is 6.18. The third-order valence-electron chi connectivity index (χ3n) is 3.70. The predicted octanol–water partition coefficient (Wildman–Crippen LogP) is 3.02. The van der Waals surface area contributed by atoms with Crippen LogP contribution in [-0.2, 0) is 9.53 Å². The van der Waals surface area contributed by atoms with Crippen molar-refractivity contribution in [2.75, 3.05) is 7.11 Å². The number of hydrogen-bond donors (Lipinski definition) is 2. The number of esters is 1. The van der Waals surface area contributed by atoms with Crippen molar-refractivity contribution < 1.29 is 23.9 Å². The van der Waals surface area contributed by atoms with E-state index in [9.17, 15) is 14.4 Å². The zero-order chi connectivity index (χ0) is 20.2. The van der Waals surface area contributed by atoms with Crippen molar-refractivity contribution in [1.29, 1.82) is 0 Å². The summed E-state index contributed by atoms with van der Waals surface area (Å²) < 4.78 is 10.5. The van der Waals surface area contributed by atoms with Crippen molar-refractivity contribution in [2.24, 2.45) is 0 Å². The molecule has 7 nitrogen and oxygen atoms in total. The van der Waals surface area contributed by atoms with Crippen molar-refractivity contribution in [1.82, 2.24) is 10.6 Å². The van der Waals surface area contributed by atoms with Crippen molar-refractivity contribution in [3.8, 4) is 5.75 Å². The van der Waals surface area contributed by atoms with Gasteiger partial charge in [-0.1, -0.05) is 24.3 Å². The molecule has 2 N–H and O–H groups in total. The summed E-state index contributed by atoms with van der Waals surface area (Å²) >= 11 is 0. The summed E-state index contributed by atoms with van der Waals surface area (Å²) in [6, 6.07) is 9.84. The zero-order valence-electron chi connectivity index (χ0n) is 16.1. The topological polar surface area (TPSA) is 93.7 Å². The van der Waals surface area contributed by atoms with E-state index in [0.29, 0.717) is 16.7 Å². The highest BCUT2D eigenvalue weighted by atomic mass is 16.5. The van der Waals surface area contributed by atoms with Crippen LogP contribution in [0.15, 0.2) is 36.4 Å². The summed E-state index contributed by atoms with van der Waals surface area (Å²) in [5.74, 6) is -0.734. The molecule has 0 bridgehead atoms. The second-order valence-corrected chi connectivity index (χ2v) is 7.10. The van der Waals surface area contributed by atoms with Gasteiger partial charge in [0.2, 0.25) is 0 Å². The van der Waals surface area contributed by atoms with Gasteiger partial charge in [-0.2, -0.15) is 0 Å². The van der Waals surface area contributed by atoms with Crippen LogP contribution < -0.4 is 15.4 Å². The van der Waals surface area contributed by atoms with E-state index in [2.05, 4.69) is 10.6 Å². The average Bonchev–Trinajstić information content (AvgIpc) is 2.58. The van der Waals surface area contributed by atoms with Crippen LogP contribution in [0.3, 0.4) is 0 Å². The van der Waals surface area contributed by atoms with E-state index in [-0.39, 0.29) is 0 Å². The van der Waals surface area contributed by atoms with Crippen LogP contribution >= 0.6 is 0 Å². The van der Waals surface area contributed by atoms with Gasteiger partial charge in [-0.3, -0.25) is 10.1 Å². The number of imide groups is 1. The highest BCUT2D eigenvalue weighted by molar-refractivity contribution is 6.07. The monoisotopic (exact) mass is 372 g/mol. The number of benzene rings is 2. The van der Waals surface area contributed by atoms with Crippen molar-refractivity contribution in [2.45, 2.75) is 39.3 Å². The molecular weight excluding hydrogens is 348 g/mol. The number of nitrogens with one attached hydrogen (secondary N) is 2. The molecule has 27 heavy (non-hydrogen) atoms. The molecule has 7 heteroatoms. The van der Waals surface area contributed by atoms with Crippen LogP contribution in [0, 0.1) is 0 Å². The van der Waals surface area contributed by atoms with Gasteiger partial charge in [0.15, 0.2) is 6.10 Å². The Balaban J connectivity index is 2.12. The second-order valence-electron chi connectivity index (χ2n) is 7.10. The lowest BCUT2D eigenvalue weighted by Gasteiger charge is -2.21. The van der Waals surface area contributed by atoms with Gasteiger partial charge in [-0.25, -0.2) is 9.59 Å². The highest BCUT2D eigenvalue weighted by Gasteiger charge is 2.23. The molecule has 0 aliphatic heterocycles. The molecule has 0 saturated carbocycles. The molecular formula is C20H24N2O5. The van der Waals surface area contributed by atoms with Gasteiger partial charge in [-0.05, 0) is 45.2 Å². The minimum absolute atomic E-state index is 0.310. The molecule has 0 aliphatic rings. The summed E-state index contributed by atoms with van der Waals surface area (Å²) in [6.07, 6.45) is -1.14. The van der Waals surface area contributed by atoms with Gasteiger partial charge in [0, 0.05) is 10.9 Å². The lowest BCUT2D eigenvalue weighted by Crippen LogP contribution is -2.50. The molecule has 2 rings (SSSR count). The smallest absolute Gasteiger partial charge is 0.339 e. The van der Waals surface area contributed by atoms with Crippen LogP contribution in [0.5, 0.6) is 5.75 Å². The first-order valence-electron chi connectivity index (χ1n) is 8.52. The third kappa shape index (κ3) is 5.20. The maximum absolute atomic E-state index is 12.5. The molecule has 0 saturated heterocycles. The number of amides is 3. The number of carbonyl (C=O) groups excluding carboxylic acids is 3. The van der Waals surface area contributed by atoms with Crippen LogP contribution in [0.25, 0.3) is 10.8 Å². The molecule has 3 amide bonds. The Hall–Kier alpha value is -3.09. The normalized spacial score (nSPS) is 12.2. The van der Waals surface area contributed by atoms with Crippen LogP contribution in [-0.4, -0.2) is 36.7 Å². The largest absolute Gasteiger partial charge is 0.496 e.